The van der Waals surface area contributed by atoms with E-state index in [9.17, 15) is 4.79 Å². The van der Waals surface area contributed by atoms with Crippen LogP contribution >= 0.6 is 23.4 Å². The highest BCUT2D eigenvalue weighted by atomic mass is 35.5. The second-order valence-electron chi connectivity index (χ2n) is 3.56. The van der Waals surface area contributed by atoms with Crippen molar-refractivity contribution < 1.29 is 9.53 Å². The number of rotatable bonds is 1. The number of ether oxygens (including phenoxy) is 1. The van der Waals surface area contributed by atoms with Crippen LogP contribution in [0.2, 0.25) is 0 Å². The first-order valence-corrected chi connectivity index (χ1v) is 6.23. The summed E-state index contributed by atoms with van der Waals surface area (Å²) in [6.07, 6.45) is 0. The van der Waals surface area contributed by atoms with E-state index in [2.05, 4.69) is 0 Å². The van der Waals surface area contributed by atoms with Gasteiger partial charge in [0.05, 0.1) is 15.4 Å². The van der Waals surface area contributed by atoms with Gasteiger partial charge in [-0.2, -0.15) is 0 Å². The van der Waals surface area contributed by atoms with Gasteiger partial charge in [-0.15, -0.1) is 0 Å². The number of para-hydroxylation sites is 2. The molecule has 0 saturated heterocycles. The van der Waals surface area contributed by atoms with Gasteiger partial charge >= 0.3 is 0 Å². The van der Waals surface area contributed by atoms with Crippen LogP contribution in [-0.4, -0.2) is 5.24 Å². The van der Waals surface area contributed by atoms with Crippen LogP contribution < -0.4 is 4.74 Å². The number of hydrogen-bond donors (Lipinski definition) is 0. The zero-order valence-electron chi connectivity index (χ0n) is 8.64. The Balaban J connectivity index is 2.15. The number of carbonyl (C=O) groups excluding carboxylic acids is 1. The summed E-state index contributed by atoms with van der Waals surface area (Å²) in [6, 6.07) is 13.1. The molecule has 2 nitrogen and oxygen atoms in total. The minimum atomic E-state index is -0.498. The van der Waals surface area contributed by atoms with Gasteiger partial charge in [-0.1, -0.05) is 30.0 Å². The highest BCUT2D eigenvalue weighted by Crippen LogP contribution is 2.48. The molecule has 1 aliphatic heterocycles. The predicted molar refractivity (Wildman–Crippen MR) is 67.3 cm³/mol. The Morgan fingerprint density at radius 1 is 1.06 bits per heavy atom. The molecule has 0 radical (unpaired) electrons. The first-order chi connectivity index (χ1) is 8.25. The minimum Gasteiger partial charge on any atom is -0.454 e. The molecule has 2 aromatic rings. The molecule has 3 rings (SSSR count). The summed E-state index contributed by atoms with van der Waals surface area (Å²) in [5.74, 6) is 1.31. The molecule has 4 heteroatoms. The van der Waals surface area contributed by atoms with Crippen molar-refractivity contribution in [1.29, 1.82) is 0 Å². The van der Waals surface area contributed by atoms with E-state index in [-0.39, 0.29) is 0 Å². The smallest absolute Gasteiger partial charge is 0.256 e. The quantitative estimate of drug-likeness (QED) is 0.611. The molecule has 0 atom stereocenters. The maximum Gasteiger partial charge on any atom is 0.256 e. The van der Waals surface area contributed by atoms with Crippen LogP contribution in [0, 0.1) is 0 Å². The fourth-order valence-corrected chi connectivity index (χ4v) is 2.84. The van der Waals surface area contributed by atoms with Gasteiger partial charge in [0.2, 0.25) is 0 Å². The molecule has 17 heavy (non-hydrogen) atoms. The van der Waals surface area contributed by atoms with Gasteiger partial charge in [-0.25, -0.2) is 0 Å². The van der Waals surface area contributed by atoms with E-state index in [4.69, 9.17) is 16.3 Å². The highest BCUT2D eigenvalue weighted by molar-refractivity contribution is 7.99. The third kappa shape index (κ3) is 1.81. The van der Waals surface area contributed by atoms with Crippen LogP contribution in [0.15, 0.2) is 52.3 Å². The molecule has 0 saturated carbocycles. The number of hydrogen-bond acceptors (Lipinski definition) is 3. The topological polar surface area (TPSA) is 26.3 Å². The van der Waals surface area contributed by atoms with E-state index in [1.54, 1.807) is 23.9 Å². The van der Waals surface area contributed by atoms with E-state index in [0.29, 0.717) is 11.3 Å². The minimum absolute atomic E-state index is 0.408. The number of fused-ring (bicyclic) bond motifs is 2. The van der Waals surface area contributed by atoms with Crippen LogP contribution in [0.1, 0.15) is 10.4 Å². The van der Waals surface area contributed by atoms with Crippen LogP contribution in [-0.2, 0) is 0 Å². The fourth-order valence-electron chi connectivity index (χ4n) is 1.70. The average Bonchev–Trinajstić information content (AvgIpc) is 2.35. The largest absolute Gasteiger partial charge is 0.454 e. The van der Waals surface area contributed by atoms with Gasteiger partial charge < -0.3 is 4.74 Å². The van der Waals surface area contributed by atoms with E-state index in [1.807, 2.05) is 30.3 Å². The Bertz CT molecular complexity index is 610. The lowest BCUT2D eigenvalue weighted by atomic mass is 10.2. The Kier molecular flexibility index (Phi) is 2.57. The molecule has 0 spiro atoms. The summed E-state index contributed by atoms with van der Waals surface area (Å²) < 4.78 is 5.74. The lowest BCUT2D eigenvalue weighted by molar-refractivity contribution is 0.107. The third-order valence-electron chi connectivity index (χ3n) is 2.47. The monoisotopic (exact) mass is 262 g/mol. The molecule has 0 bridgehead atoms. The van der Waals surface area contributed by atoms with Crippen molar-refractivity contribution in [2.24, 2.45) is 0 Å². The zero-order chi connectivity index (χ0) is 11.8. The van der Waals surface area contributed by atoms with Gasteiger partial charge in [-0.3, -0.25) is 4.79 Å². The van der Waals surface area contributed by atoms with Gasteiger partial charge in [-0.05, 0) is 35.9 Å². The van der Waals surface area contributed by atoms with Crippen molar-refractivity contribution in [3.8, 4) is 11.5 Å². The first-order valence-electron chi connectivity index (χ1n) is 5.03. The maximum absolute atomic E-state index is 11.3. The first kappa shape index (κ1) is 10.7. The van der Waals surface area contributed by atoms with E-state index < -0.39 is 5.24 Å². The molecule has 2 aromatic carbocycles. The summed E-state index contributed by atoms with van der Waals surface area (Å²) in [6.45, 7) is 0. The Hall–Kier alpha value is -1.45. The van der Waals surface area contributed by atoms with E-state index in [1.165, 1.54) is 0 Å². The molecule has 0 aliphatic carbocycles. The Morgan fingerprint density at radius 3 is 2.65 bits per heavy atom. The molecule has 0 unspecified atom stereocenters. The zero-order valence-corrected chi connectivity index (χ0v) is 10.2. The van der Waals surface area contributed by atoms with Crippen molar-refractivity contribution in [2.75, 3.05) is 0 Å². The molecule has 0 amide bonds. The van der Waals surface area contributed by atoms with Crippen LogP contribution in [0.3, 0.4) is 0 Å². The Labute approximate surface area is 108 Å². The van der Waals surface area contributed by atoms with Crippen molar-refractivity contribution in [3.05, 3.63) is 48.0 Å². The maximum atomic E-state index is 11.3. The molecule has 1 heterocycles. The Morgan fingerprint density at radius 2 is 1.82 bits per heavy atom. The third-order valence-corrected chi connectivity index (χ3v) is 3.77. The molecule has 0 aromatic heterocycles. The van der Waals surface area contributed by atoms with Crippen LogP contribution in [0.25, 0.3) is 0 Å². The molecule has 84 valence electrons. The van der Waals surface area contributed by atoms with Crippen molar-refractivity contribution in [2.45, 2.75) is 9.79 Å². The number of benzene rings is 2. The summed E-state index contributed by atoms with van der Waals surface area (Å²) in [5.41, 5.74) is 0.408. The average molecular weight is 263 g/mol. The van der Waals surface area contributed by atoms with Gasteiger partial charge in [0.25, 0.3) is 5.24 Å². The van der Waals surface area contributed by atoms with Gasteiger partial charge in [0.15, 0.2) is 5.75 Å². The van der Waals surface area contributed by atoms with Crippen LogP contribution in [0.4, 0.5) is 0 Å². The van der Waals surface area contributed by atoms with E-state index in [0.717, 1.165) is 15.5 Å². The molecule has 0 N–H and O–H groups in total. The highest BCUT2D eigenvalue weighted by Gasteiger charge is 2.22. The number of carbonyl (C=O) groups is 1. The van der Waals surface area contributed by atoms with Gasteiger partial charge in [0, 0.05) is 0 Å². The second kappa shape index (κ2) is 4.09. The second-order valence-corrected chi connectivity index (χ2v) is 4.98. The summed E-state index contributed by atoms with van der Waals surface area (Å²) in [4.78, 5) is 13.3. The lowest BCUT2D eigenvalue weighted by Crippen LogP contribution is -2.00. The van der Waals surface area contributed by atoms with E-state index >= 15 is 0 Å². The molecular weight excluding hydrogens is 256 g/mol. The van der Waals surface area contributed by atoms with Crippen molar-refractivity contribution in [1.82, 2.24) is 0 Å². The normalized spacial score (nSPS) is 12.3. The standard InChI is InChI=1S/C13H7ClO2S/c14-13(15)8-4-3-7-11-12(8)16-9-5-1-2-6-10(9)17-11/h1-7H. The van der Waals surface area contributed by atoms with Crippen LogP contribution in [0.5, 0.6) is 11.5 Å². The molecule has 0 fully saturated rings. The summed E-state index contributed by atoms with van der Waals surface area (Å²) in [7, 11) is 0. The SMILES string of the molecule is O=C(Cl)c1cccc2c1Oc1ccccc1S2. The fraction of sp³-hybridized carbons (Fsp3) is 0. The van der Waals surface area contributed by atoms with Crippen molar-refractivity contribution >= 4 is 28.6 Å². The molecule has 1 aliphatic rings. The summed E-state index contributed by atoms with van der Waals surface area (Å²) >= 11 is 7.12. The predicted octanol–water partition coefficient (Wildman–Crippen LogP) is 4.32. The summed E-state index contributed by atoms with van der Waals surface area (Å²) in [5, 5.41) is -0.498. The van der Waals surface area contributed by atoms with Gasteiger partial charge in [0.1, 0.15) is 5.75 Å². The lowest BCUT2D eigenvalue weighted by Gasteiger charge is -2.20. The number of halogens is 1. The molecular formula is C13H7ClO2S. The van der Waals surface area contributed by atoms with Crippen molar-refractivity contribution in [3.63, 3.8) is 0 Å².